The van der Waals surface area contributed by atoms with Crippen molar-refractivity contribution in [3.05, 3.63) is 29.8 Å². The highest BCUT2D eigenvalue weighted by molar-refractivity contribution is 5.82. The van der Waals surface area contributed by atoms with Crippen molar-refractivity contribution in [1.29, 1.82) is 0 Å². The molecular weight excluding hydrogens is 248 g/mol. The number of anilines is 1. The smallest absolute Gasteiger partial charge is 0.225 e. The lowest BCUT2D eigenvalue weighted by Gasteiger charge is -2.35. The van der Waals surface area contributed by atoms with Crippen LogP contribution in [0.5, 0.6) is 0 Å². The van der Waals surface area contributed by atoms with Crippen LogP contribution in [0.3, 0.4) is 0 Å². The van der Waals surface area contributed by atoms with Crippen LogP contribution in [0.25, 0.3) is 0 Å². The van der Waals surface area contributed by atoms with Gasteiger partial charge >= 0.3 is 0 Å². The lowest BCUT2D eigenvalue weighted by Crippen LogP contribution is -2.51. The van der Waals surface area contributed by atoms with E-state index in [2.05, 4.69) is 50.5 Å². The number of nitrogens with one attached hydrogen (secondary N) is 2. The number of hydrogen-bond donors (Lipinski definition) is 2. The molecule has 3 heteroatoms. The van der Waals surface area contributed by atoms with E-state index < -0.39 is 0 Å². The van der Waals surface area contributed by atoms with Crippen LogP contribution in [0.15, 0.2) is 24.3 Å². The zero-order chi connectivity index (χ0) is 14.8. The van der Waals surface area contributed by atoms with Crippen molar-refractivity contribution in [1.82, 2.24) is 5.32 Å². The average molecular weight is 274 g/mol. The molecule has 2 N–H and O–H groups in total. The van der Waals surface area contributed by atoms with Gasteiger partial charge in [0, 0.05) is 17.3 Å². The molecule has 0 saturated heterocycles. The molecule has 110 valence electrons. The van der Waals surface area contributed by atoms with E-state index >= 15 is 0 Å². The lowest BCUT2D eigenvalue weighted by molar-refractivity contribution is -0.127. The van der Waals surface area contributed by atoms with Gasteiger partial charge in [-0.2, -0.15) is 0 Å². The van der Waals surface area contributed by atoms with Gasteiger partial charge in [0.1, 0.15) is 0 Å². The first-order chi connectivity index (χ1) is 9.49. The standard InChI is InChI=1S/C17H26N2O/c1-5-17(4,6-2)19-16(20)14-11-13-9-7-8-10-15(13)18-12(14)3/h7-10,12,14,18H,5-6,11H2,1-4H3,(H,19,20). The second-order valence-corrected chi connectivity index (χ2v) is 6.16. The fourth-order valence-electron chi connectivity index (χ4n) is 2.74. The molecule has 0 fully saturated rings. The molecule has 1 aromatic rings. The highest BCUT2D eigenvalue weighted by Crippen LogP contribution is 2.29. The summed E-state index contributed by atoms with van der Waals surface area (Å²) in [4.78, 5) is 12.6. The lowest BCUT2D eigenvalue weighted by atomic mass is 9.86. The van der Waals surface area contributed by atoms with E-state index in [1.807, 2.05) is 12.1 Å². The topological polar surface area (TPSA) is 41.1 Å². The molecule has 0 spiro atoms. The number of para-hydroxylation sites is 1. The van der Waals surface area contributed by atoms with Crippen molar-refractivity contribution in [3.63, 3.8) is 0 Å². The molecule has 3 nitrogen and oxygen atoms in total. The molecule has 0 aliphatic carbocycles. The van der Waals surface area contributed by atoms with Crippen LogP contribution in [0, 0.1) is 5.92 Å². The van der Waals surface area contributed by atoms with Gasteiger partial charge in [0.2, 0.25) is 5.91 Å². The first kappa shape index (κ1) is 14.9. The highest BCUT2D eigenvalue weighted by atomic mass is 16.2. The zero-order valence-corrected chi connectivity index (χ0v) is 13.0. The predicted molar refractivity (Wildman–Crippen MR) is 83.9 cm³/mol. The Bertz CT molecular complexity index is 480. The molecule has 0 saturated carbocycles. The van der Waals surface area contributed by atoms with Gasteiger partial charge in [-0.05, 0) is 44.7 Å². The number of carbonyl (C=O) groups is 1. The first-order valence-corrected chi connectivity index (χ1v) is 7.65. The summed E-state index contributed by atoms with van der Waals surface area (Å²) in [5.74, 6) is 0.174. The summed E-state index contributed by atoms with van der Waals surface area (Å²) < 4.78 is 0. The van der Waals surface area contributed by atoms with Crippen LogP contribution in [0.4, 0.5) is 5.69 Å². The highest BCUT2D eigenvalue weighted by Gasteiger charge is 2.33. The third-order valence-corrected chi connectivity index (χ3v) is 4.77. The van der Waals surface area contributed by atoms with Gasteiger partial charge in [-0.15, -0.1) is 0 Å². The molecule has 2 atom stereocenters. The molecule has 2 rings (SSSR count). The van der Waals surface area contributed by atoms with E-state index in [1.54, 1.807) is 0 Å². The van der Waals surface area contributed by atoms with Gasteiger partial charge in [-0.1, -0.05) is 32.0 Å². The van der Waals surface area contributed by atoms with E-state index in [-0.39, 0.29) is 23.4 Å². The van der Waals surface area contributed by atoms with Gasteiger partial charge in [-0.3, -0.25) is 4.79 Å². The zero-order valence-electron chi connectivity index (χ0n) is 13.0. The Hall–Kier alpha value is -1.51. The monoisotopic (exact) mass is 274 g/mol. The van der Waals surface area contributed by atoms with Crippen molar-refractivity contribution in [2.24, 2.45) is 5.92 Å². The van der Waals surface area contributed by atoms with Gasteiger partial charge in [0.25, 0.3) is 0 Å². The summed E-state index contributed by atoms with van der Waals surface area (Å²) in [6.45, 7) is 8.47. The fraction of sp³-hybridized carbons (Fsp3) is 0.588. The number of benzene rings is 1. The Balaban J connectivity index is 2.12. The van der Waals surface area contributed by atoms with Crippen LogP contribution in [-0.2, 0) is 11.2 Å². The summed E-state index contributed by atoms with van der Waals surface area (Å²) in [5, 5.41) is 6.70. The van der Waals surface area contributed by atoms with Crippen LogP contribution in [-0.4, -0.2) is 17.5 Å². The molecule has 1 aliphatic rings. The van der Waals surface area contributed by atoms with E-state index in [0.29, 0.717) is 0 Å². The van der Waals surface area contributed by atoms with Crippen molar-refractivity contribution >= 4 is 11.6 Å². The van der Waals surface area contributed by atoms with Crippen LogP contribution < -0.4 is 10.6 Å². The Labute approximate surface area is 122 Å². The first-order valence-electron chi connectivity index (χ1n) is 7.65. The summed E-state index contributed by atoms with van der Waals surface area (Å²) in [6.07, 6.45) is 2.74. The number of rotatable bonds is 4. The van der Waals surface area contributed by atoms with Gasteiger partial charge in [0.05, 0.1) is 5.92 Å². The van der Waals surface area contributed by atoms with E-state index in [1.165, 1.54) is 5.56 Å². The molecule has 0 bridgehead atoms. The third-order valence-electron chi connectivity index (χ3n) is 4.77. The molecule has 1 heterocycles. The third kappa shape index (κ3) is 2.97. The van der Waals surface area contributed by atoms with Crippen molar-refractivity contribution < 1.29 is 4.79 Å². The number of amides is 1. The molecule has 0 radical (unpaired) electrons. The molecule has 1 aliphatic heterocycles. The molecular formula is C17H26N2O. The maximum absolute atomic E-state index is 12.6. The molecule has 2 unspecified atom stereocenters. The quantitative estimate of drug-likeness (QED) is 0.884. The van der Waals surface area contributed by atoms with Crippen LogP contribution >= 0.6 is 0 Å². The Morgan fingerprint density at radius 3 is 2.65 bits per heavy atom. The maximum atomic E-state index is 12.6. The predicted octanol–water partition coefficient (Wildman–Crippen LogP) is 3.35. The van der Waals surface area contributed by atoms with E-state index in [9.17, 15) is 4.79 Å². The van der Waals surface area contributed by atoms with Crippen molar-refractivity contribution in [2.75, 3.05) is 5.32 Å². The number of carbonyl (C=O) groups excluding carboxylic acids is 1. The van der Waals surface area contributed by atoms with Gasteiger partial charge in [0.15, 0.2) is 0 Å². The minimum Gasteiger partial charge on any atom is -0.382 e. The summed E-state index contributed by atoms with van der Waals surface area (Å²) in [7, 11) is 0. The molecule has 20 heavy (non-hydrogen) atoms. The number of fused-ring (bicyclic) bond motifs is 1. The summed E-state index contributed by atoms with van der Waals surface area (Å²) >= 11 is 0. The molecule has 1 aromatic carbocycles. The van der Waals surface area contributed by atoms with Crippen LogP contribution in [0.2, 0.25) is 0 Å². The SMILES string of the molecule is CCC(C)(CC)NC(=O)C1Cc2ccccc2NC1C. The van der Waals surface area contributed by atoms with E-state index in [0.717, 1.165) is 24.9 Å². The number of hydrogen-bond acceptors (Lipinski definition) is 2. The van der Waals surface area contributed by atoms with Gasteiger partial charge < -0.3 is 10.6 Å². The molecule has 1 amide bonds. The second-order valence-electron chi connectivity index (χ2n) is 6.16. The summed E-state index contributed by atoms with van der Waals surface area (Å²) in [5.41, 5.74) is 2.31. The van der Waals surface area contributed by atoms with E-state index in [4.69, 9.17) is 0 Å². The average Bonchev–Trinajstić information content (AvgIpc) is 2.46. The van der Waals surface area contributed by atoms with Crippen molar-refractivity contribution in [3.8, 4) is 0 Å². The fourth-order valence-corrected chi connectivity index (χ4v) is 2.74. The maximum Gasteiger partial charge on any atom is 0.225 e. The minimum absolute atomic E-state index is 0.00215. The van der Waals surface area contributed by atoms with Crippen LogP contribution in [0.1, 0.15) is 46.1 Å². The summed E-state index contributed by atoms with van der Waals surface area (Å²) in [6, 6.07) is 8.43. The normalized spacial score (nSPS) is 21.8. The minimum atomic E-state index is -0.0895. The second kappa shape index (κ2) is 5.86. The Kier molecular flexibility index (Phi) is 4.36. The van der Waals surface area contributed by atoms with Crippen molar-refractivity contribution in [2.45, 2.75) is 58.5 Å². The van der Waals surface area contributed by atoms with Gasteiger partial charge in [-0.25, -0.2) is 0 Å². The Morgan fingerprint density at radius 2 is 2.00 bits per heavy atom. The Morgan fingerprint density at radius 1 is 1.35 bits per heavy atom. The largest absolute Gasteiger partial charge is 0.382 e. The molecule has 0 aromatic heterocycles.